The van der Waals surface area contributed by atoms with Gasteiger partial charge in [-0.2, -0.15) is 0 Å². The van der Waals surface area contributed by atoms with Gasteiger partial charge in [-0.3, -0.25) is 9.59 Å². The number of hydrogen-bond donors (Lipinski definition) is 0. The Hall–Kier alpha value is -3.51. The second-order valence-corrected chi connectivity index (χ2v) is 10.5. The van der Waals surface area contributed by atoms with Crippen molar-refractivity contribution < 1.29 is 23.8 Å². The molecule has 1 aliphatic rings. The summed E-state index contributed by atoms with van der Waals surface area (Å²) >= 11 is 0.861. The molecule has 0 aliphatic carbocycles. The third-order valence-electron chi connectivity index (χ3n) is 6.82. The van der Waals surface area contributed by atoms with Crippen LogP contribution in [-0.2, 0) is 22.6 Å². The molecule has 0 saturated heterocycles. The molecule has 6 heteroatoms. The van der Waals surface area contributed by atoms with E-state index in [2.05, 4.69) is 39.8 Å². The number of benzene rings is 3. The molecule has 0 radical (unpaired) electrons. The lowest BCUT2D eigenvalue weighted by Gasteiger charge is -2.38. The van der Waals surface area contributed by atoms with Gasteiger partial charge in [0.2, 0.25) is 0 Å². The van der Waals surface area contributed by atoms with Crippen molar-refractivity contribution in [1.29, 1.82) is 0 Å². The van der Waals surface area contributed by atoms with Crippen molar-refractivity contribution in [3.05, 3.63) is 92.9 Å². The zero-order valence-corrected chi connectivity index (χ0v) is 22.5. The molecule has 0 spiro atoms. The topological polar surface area (TPSA) is 61.8 Å². The lowest BCUT2D eigenvalue weighted by molar-refractivity contribution is -0.104. The van der Waals surface area contributed by atoms with Crippen LogP contribution in [0.4, 0.5) is 0 Å². The largest absolute Gasteiger partial charge is 0.489 e. The van der Waals surface area contributed by atoms with Gasteiger partial charge in [-0.1, -0.05) is 54.2 Å². The highest BCUT2D eigenvalue weighted by molar-refractivity contribution is 8.16. The van der Waals surface area contributed by atoms with E-state index in [1.54, 1.807) is 6.08 Å². The van der Waals surface area contributed by atoms with E-state index in [1.165, 1.54) is 5.56 Å². The third kappa shape index (κ3) is 6.25. The number of thioether (sulfide) groups is 1. The van der Waals surface area contributed by atoms with Crippen LogP contribution in [0.25, 0.3) is 6.08 Å². The predicted molar refractivity (Wildman–Crippen MR) is 149 cm³/mol. The molecule has 1 unspecified atom stereocenters. The summed E-state index contributed by atoms with van der Waals surface area (Å²) < 4.78 is 19.0. The molecule has 0 N–H and O–H groups in total. The van der Waals surface area contributed by atoms with Gasteiger partial charge < -0.3 is 14.2 Å². The van der Waals surface area contributed by atoms with E-state index in [-0.39, 0.29) is 0 Å². The maximum atomic E-state index is 11.0. The summed E-state index contributed by atoms with van der Waals surface area (Å²) in [4.78, 5) is 22.1. The first-order chi connectivity index (χ1) is 17.8. The van der Waals surface area contributed by atoms with Gasteiger partial charge in [0.05, 0.1) is 4.91 Å². The molecular weight excluding hydrogens is 484 g/mol. The first-order valence-electron chi connectivity index (χ1n) is 12.3. The molecule has 0 aromatic heterocycles. The zero-order valence-electron chi connectivity index (χ0n) is 21.7. The van der Waals surface area contributed by atoms with Crippen LogP contribution in [-0.4, -0.2) is 24.1 Å². The van der Waals surface area contributed by atoms with E-state index < -0.39 is 5.60 Å². The van der Waals surface area contributed by atoms with Gasteiger partial charge in [-0.25, -0.2) is 0 Å². The quantitative estimate of drug-likeness (QED) is 0.218. The molecule has 0 saturated carbocycles. The maximum absolute atomic E-state index is 11.0. The van der Waals surface area contributed by atoms with Crippen LogP contribution < -0.4 is 14.2 Å². The highest BCUT2D eigenvalue weighted by Gasteiger charge is 2.35. The fourth-order valence-corrected chi connectivity index (χ4v) is 4.91. The lowest BCUT2D eigenvalue weighted by Crippen LogP contribution is -2.42. The molecule has 0 fully saturated rings. The van der Waals surface area contributed by atoms with Crippen LogP contribution in [0.3, 0.4) is 0 Å². The summed E-state index contributed by atoms with van der Waals surface area (Å²) in [6.07, 6.45) is 4.06. The van der Waals surface area contributed by atoms with E-state index in [0.29, 0.717) is 30.0 Å². The highest BCUT2D eigenvalue weighted by atomic mass is 32.2. The number of aldehydes is 1. The number of allylic oxidation sites excluding steroid dienone is 1. The summed E-state index contributed by atoms with van der Waals surface area (Å²) in [5.41, 5.74) is 6.70. The van der Waals surface area contributed by atoms with Crippen LogP contribution in [0, 0.1) is 20.8 Å². The Morgan fingerprint density at radius 2 is 1.70 bits per heavy atom. The zero-order chi connectivity index (χ0) is 26.4. The van der Waals surface area contributed by atoms with E-state index in [0.717, 1.165) is 69.7 Å². The first kappa shape index (κ1) is 26.6. The molecule has 5 nitrogen and oxygen atoms in total. The summed E-state index contributed by atoms with van der Waals surface area (Å²) in [5.74, 6) is 2.60. The van der Waals surface area contributed by atoms with Crippen molar-refractivity contribution in [2.75, 3.05) is 6.61 Å². The van der Waals surface area contributed by atoms with E-state index in [4.69, 9.17) is 14.2 Å². The van der Waals surface area contributed by atoms with Crippen LogP contribution >= 0.6 is 11.8 Å². The molecule has 3 aromatic carbocycles. The Morgan fingerprint density at radius 3 is 2.38 bits per heavy atom. The van der Waals surface area contributed by atoms with Crippen LogP contribution in [0.2, 0.25) is 0 Å². The molecule has 192 valence electrons. The van der Waals surface area contributed by atoms with E-state index >= 15 is 0 Å². The van der Waals surface area contributed by atoms with Crippen molar-refractivity contribution in [2.24, 2.45) is 0 Å². The number of carbonyl (C=O) groups is 2. The van der Waals surface area contributed by atoms with Gasteiger partial charge in [0.15, 0.2) is 11.9 Å². The average Bonchev–Trinajstić information content (AvgIpc) is 2.91. The van der Waals surface area contributed by atoms with Crippen LogP contribution in [0.1, 0.15) is 46.7 Å². The summed E-state index contributed by atoms with van der Waals surface area (Å²) in [6.45, 7) is 9.34. The SMILES string of the molecule is Cc1c(C)c2c(c(C)c1OCc1ccccc1)CCC(C)(COc1ccc(/C=C(/C=O)SC=O)cc1)O2. The summed E-state index contributed by atoms with van der Waals surface area (Å²) in [6, 6.07) is 17.6. The van der Waals surface area contributed by atoms with E-state index in [1.807, 2.05) is 42.5 Å². The molecule has 1 heterocycles. The summed E-state index contributed by atoms with van der Waals surface area (Å²) in [5, 5.41) is 0. The monoisotopic (exact) mass is 516 g/mol. The standard InChI is InChI=1S/C31H32O5S/c1-21-22(2)30-28(23(3)29(21)34-18-25-8-6-5-7-9-25)14-15-31(4,36-30)19-35-26-12-10-24(11-13-26)16-27(17-32)37-20-33/h5-13,16-17,20H,14-15,18-19H2,1-4H3/b27-16-. The minimum atomic E-state index is -0.465. The van der Waals surface area contributed by atoms with Gasteiger partial charge in [0.25, 0.3) is 0 Å². The van der Waals surface area contributed by atoms with Gasteiger partial charge >= 0.3 is 0 Å². The number of carbonyl (C=O) groups excluding carboxylic acids is 2. The second-order valence-electron chi connectivity index (χ2n) is 9.57. The normalized spacial score (nSPS) is 16.9. The Labute approximate surface area is 222 Å². The highest BCUT2D eigenvalue weighted by Crippen LogP contribution is 2.44. The molecule has 0 bridgehead atoms. The van der Waals surface area contributed by atoms with Gasteiger partial charge in [0, 0.05) is 5.56 Å². The fraction of sp³-hybridized carbons (Fsp3) is 0.290. The maximum Gasteiger partial charge on any atom is 0.181 e. The molecule has 37 heavy (non-hydrogen) atoms. The minimum Gasteiger partial charge on any atom is -0.489 e. The molecular formula is C31H32O5S. The fourth-order valence-electron chi connectivity index (χ4n) is 4.54. The minimum absolute atomic E-state index is 0.361. The number of ether oxygens (including phenoxy) is 3. The van der Waals surface area contributed by atoms with Gasteiger partial charge in [-0.05, 0) is 86.6 Å². The lowest BCUT2D eigenvalue weighted by atomic mass is 9.87. The smallest absolute Gasteiger partial charge is 0.181 e. The second kappa shape index (κ2) is 11.7. The van der Waals surface area contributed by atoms with Crippen molar-refractivity contribution in [2.45, 2.75) is 52.7 Å². The number of rotatable bonds is 10. The first-order valence-corrected chi connectivity index (χ1v) is 13.2. The number of fused-ring (bicyclic) bond motifs is 1. The Bertz CT molecular complexity index is 1300. The van der Waals surface area contributed by atoms with Crippen molar-refractivity contribution >= 4 is 29.7 Å². The average molecular weight is 517 g/mol. The molecule has 1 atom stereocenters. The molecule has 1 aliphatic heterocycles. The number of hydrogen-bond acceptors (Lipinski definition) is 6. The Balaban J connectivity index is 1.45. The van der Waals surface area contributed by atoms with Crippen molar-refractivity contribution in [3.8, 4) is 17.2 Å². The van der Waals surface area contributed by atoms with Gasteiger partial charge in [0.1, 0.15) is 36.1 Å². The Morgan fingerprint density at radius 1 is 0.973 bits per heavy atom. The molecule has 4 rings (SSSR count). The summed E-state index contributed by atoms with van der Waals surface area (Å²) in [7, 11) is 0. The van der Waals surface area contributed by atoms with Crippen molar-refractivity contribution in [3.63, 3.8) is 0 Å². The van der Waals surface area contributed by atoms with E-state index in [9.17, 15) is 9.59 Å². The van der Waals surface area contributed by atoms with Crippen LogP contribution in [0.5, 0.6) is 17.2 Å². The Kier molecular flexibility index (Phi) is 8.39. The third-order valence-corrected chi connectivity index (χ3v) is 7.41. The van der Waals surface area contributed by atoms with Crippen molar-refractivity contribution in [1.82, 2.24) is 0 Å². The van der Waals surface area contributed by atoms with Crippen LogP contribution in [0.15, 0.2) is 59.5 Å². The molecule has 0 amide bonds. The van der Waals surface area contributed by atoms with Gasteiger partial charge in [-0.15, -0.1) is 0 Å². The molecule has 3 aromatic rings. The predicted octanol–water partition coefficient (Wildman–Crippen LogP) is 6.82.